The van der Waals surface area contributed by atoms with Crippen LogP contribution in [0.1, 0.15) is 26.2 Å². The molecule has 2 rings (SSSR count). The van der Waals surface area contributed by atoms with Gasteiger partial charge >= 0.3 is 5.97 Å². The van der Waals surface area contributed by atoms with Gasteiger partial charge in [-0.1, -0.05) is 25.5 Å². The standard InChI is InChI=1S/C17H24N2O4/c1-2-3-10-22-11-6-9-18-16(20)12-19-13-17(21)23-15-8-5-4-7-14(15)19/h4-5,7-8H,2-3,6,9-13H2,1H3,(H,18,20). The first kappa shape index (κ1) is 17.3. The maximum absolute atomic E-state index is 12.0. The molecule has 126 valence electrons. The molecular formula is C17H24N2O4. The molecule has 0 bridgehead atoms. The Morgan fingerprint density at radius 3 is 2.91 bits per heavy atom. The number of nitrogens with one attached hydrogen (secondary N) is 1. The summed E-state index contributed by atoms with van der Waals surface area (Å²) in [5.74, 6) is 0.0461. The molecule has 0 aromatic heterocycles. The summed E-state index contributed by atoms with van der Waals surface area (Å²) in [4.78, 5) is 25.3. The number of anilines is 1. The topological polar surface area (TPSA) is 67.9 Å². The molecule has 0 radical (unpaired) electrons. The third kappa shape index (κ3) is 5.56. The van der Waals surface area contributed by atoms with Crippen LogP contribution in [0.15, 0.2) is 24.3 Å². The number of benzene rings is 1. The van der Waals surface area contributed by atoms with E-state index in [0.29, 0.717) is 18.9 Å². The van der Waals surface area contributed by atoms with Crippen LogP contribution in [0.4, 0.5) is 5.69 Å². The number of rotatable bonds is 9. The van der Waals surface area contributed by atoms with Gasteiger partial charge in [-0.15, -0.1) is 0 Å². The lowest BCUT2D eigenvalue weighted by Crippen LogP contribution is -2.43. The van der Waals surface area contributed by atoms with Gasteiger partial charge in [-0.25, -0.2) is 4.79 Å². The molecule has 6 nitrogen and oxygen atoms in total. The lowest BCUT2D eigenvalue weighted by atomic mass is 10.2. The Morgan fingerprint density at radius 1 is 1.30 bits per heavy atom. The zero-order valence-electron chi connectivity index (χ0n) is 13.5. The summed E-state index contributed by atoms with van der Waals surface area (Å²) in [6.45, 7) is 4.35. The molecule has 0 fully saturated rings. The van der Waals surface area contributed by atoms with Crippen molar-refractivity contribution in [3.63, 3.8) is 0 Å². The highest BCUT2D eigenvalue weighted by molar-refractivity contribution is 5.89. The van der Waals surface area contributed by atoms with Gasteiger partial charge in [0, 0.05) is 19.8 Å². The number of esters is 1. The minimum atomic E-state index is -0.346. The van der Waals surface area contributed by atoms with Crippen LogP contribution in [-0.2, 0) is 14.3 Å². The number of carbonyl (C=O) groups excluding carboxylic acids is 2. The summed E-state index contributed by atoms with van der Waals surface area (Å²) in [6, 6.07) is 7.23. The van der Waals surface area contributed by atoms with E-state index in [2.05, 4.69) is 12.2 Å². The van der Waals surface area contributed by atoms with E-state index in [1.165, 1.54) is 0 Å². The number of hydrogen-bond acceptors (Lipinski definition) is 5. The Labute approximate surface area is 136 Å². The van der Waals surface area contributed by atoms with Crippen molar-refractivity contribution < 1.29 is 19.1 Å². The molecule has 0 unspecified atom stereocenters. The maximum Gasteiger partial charge on any atom is 0.331 e. The third-order valence-electron chi connectivity index (χ3n) is 3.51. The van der Waals surface area contributed by atoms with Gasteiger partial charge in [0.2, 0.25) is 5.91 Å². The van der Waals surface area contributed by atoms with Crippen LogP contribution in [-0.4, -0.2) is 44.7 Å². The summed E-state index contributed by atoms with van der Waals surface area (Å²) in [5, 5.41) is 2.85. The van der Waals surface area contributed by atoms with Crippen LogP contribution in [0, 0.1) is 0 Å². The van der Waals surface area contributed by atoms with Gasteiger partial charge in [0.15, 0.2) is 5.75 Å². The quantitative estimate of drug-likeness (QED) is 0.426. The number of ether oxygens (including phenoxy) is 2. The Kier molecular flexibility index (Phi) is 6.87. The average Bonchev–Trinajstić information content (AvgIpc) is 2.54. The number of nitrogens with zero attached hydrogens (tertiary/aromatic N) is 1. The lowest BCUT2D eigenvalue weighted by molar-refractivity contribution is -0.133. The minimum absolute atomic E-state index is 0.0879. The Bertz CT molecular complexity index is 533. The van der Waals surface area contributed by atoms with Crippen molar-refractivity contribution in [2.24, 2.45) is 0 Å². The van der Waals surface area contributed by atoms with E-state index in [1.54, 1.807) is 17.0 Å². The lowest BCUT2D eigenvalue weighted by Gasteiger charge is -2.29. The molecule has 0 spiro atoms. The monoisotopic (exact) mass is 320 g/mol. The summed E-state index contributed by atoms with van der Waals surface area (Å²) in [6.07, 6.45) is 2.97. The number of carbonyl (C=O) groups is 2. The highest BCUT2D eigenvalue weighted by Crippen LogP contribution is 2.30. The maximum atomic E-state index is 12.0. The molecule has 1 N–H and O–H groups in total. The Balaban J connectivity index is 1.72. The second-order valence-corrected chi connectivity index (χ2v) is 5.47. The Morgan fingerprint density at radius 2 is 2.09 bits per heavy atom. The first-order valence-corrected chi connectivity index (χ1v) is 8.10. The van der Waals surface area contributed by atoms with Crippen molar-refractivity contribution in [1.29, 1.82) is 0 Å². The molecule has 6 heteroatoms. The van der Waals surface area contributed by atoms with Crippen LogP contribution in [0.5, 0.6) is 5.75 Å². The van der Waals surface area contributed by atoms with Crippen molar-refractivity contribution in [2.75, 3.05) is 37.7 Å². The molecule has 1 aromatic carbocycles. The number of amides is 1. The molecule has 0 saturated heterocycles. The SMILES string of the molecule is CCCCOCCCNC(=O)CN1CC(=O)Oc2ccccc21. The number of fused-ring (bicyclic) bond motifs is 1. The van der Waals surface area contributed by atoms with Crippen molar-refractivity contribution in [3.05, 3.63) is 24.3 Å². The van der Waals surface area contributed by atoms with Gasteiger partial charge in [-0.2, -0.15) is 0 Å². The fraction of sp³-hybridized carbons (Fsp3) is 0.529. The van der Waals surface area contributed by atoms with Gasteiger partial charge in [0.1, 0.15) is 6.54 Å². The van der Waals surface area contributed by atoms with E-state index in [1.807, 2.05) is 12.1 Å². The zero-order valence-corrected chi connectivity index (χ0v) is 13.5. The second-order valence-electron chi connectivity index (χ2n) is 5.47. The third-order valence-corrected chi connectivity index (χ3v) is 3.51. The van der Waals surface area contributed by atoms with Crippen molar-refractivity contribution in [1.82, 2.24) is 5.32 Å². The van der Waals surface area contributed by atoms with E-state index in [4.69, 9.17) is 9.47 Å². The second kappa shape index (κ2) is 9.15. The van der Waals surface area contributed by atoms with Crippen LogP contribution in [0.2, 0.25) is 0 Å². The summed E-state index contributed by atoms with van der Waals surface area (Å²) >= 11 is 0. The largest absolute Gasteiger partial charge is 0.423 e. The van der Waals surface area contributed by atoms with E-state index < -0.39 is 0 Å². The molecule has 1 heterocycles. The van der Waals surface area contributed by atoms with E-state index in [0.717, 1.165) is 31.6 Å². The normalized spacial score (nSPS) is 13.4. The summed E-state index contributed by atoms with van der Waals surface area (Å²) < 4.78 is 10.6. The van der Waals surface area contributed by atoms with Gasteiger partial charge in [0.05, 0.1) is 12.2 Å². The van der Waals surface area contributed by atoms with Gasteiger partial charge < -0.3 is 19.7 Å². The average molecular weight is 320 g/mol. The molecular weight excluding hydrogens is 296 g/mol. The summed E-state index contributed by atoms with van der Waals surface area (Å²) in [5.41, 5.74) is 0.769. The highest BCUT2D eigenvalue weighted by atomic mass is 16.5. The van der Waals surface area contributed by atoms with E-state index >= 15 is 0 Å². The van der Waals surface area contributed by atoms with Crippen LogP contribution >= 0.6 is 0 Å². The number of unbranched alkanes of at least 4 members (excludes halogenated alkanes) is 1. The molecule has 1 aliphatic rings. The summed E-state index contributed by atoms with van der Waals surface area (Å²) in [7, 11) is 0. The van der Waals surface area contributed by atoms with Gasteiger partial charge in [-0.3, -0.25) is 4.79 Å². The highest BCUT2D eigenvalue weighted by Gasteiger charge is 2.24. The molecule has 0 aliphatic carbocycles. The molecule has 1 aromatic rings. The molecule has 0 saturated carbocycles. The van der Waals surface area contributed by atoms with Crippen molar-refractivity contribution in [2.45, 2.75) is 26.2 Å². The fourth-order valence-electron chi connectivity index (χ4n) is 2.32. The number of para-hydroxylation sites is 2. The number of hydrogen-bond donors (Lipinski definition) is 1. The molecule has 23 heavy (non-hydrogen) atoms. The smallest absolute Gasteiger partial charge is 0.331 e. The molecule has 0 atom stereocenters. The van der Waals surface area contributed by atoms with Crippen LogP contribution in [0.25, 0.3) is 0 Å². The van der Waals surface area contributed by atoms with Crippen molar-refractivity contribution >= 4 is 17.6 Å². The predicted octanol–water partition coefficient (Wildman–Crippen LogP) is 1.74. The molecule has 1 amide bonds. The van der Waals surface area contributed by atoms with E-state index in [-0.39, 0.29) is 25.0 Å². The van der Waals surface area contributed by atoms with Crippen LogP contribution < -0.4 is 15.0 Å². The molecule has 1 aliphatic heterocycles. The van der Waals surface area contributed by atoms with E-state index in [9.17, 15) is 9.59 Å². The Hall–Kier alpha value is -2.08. The zero-order chi connectivity index (χ0) is 16.5. The predicted molar refractivity (Wildman–Crippen MR) is 87.6 cm³/mol. The van der Waals surface area contributed by atoms with Gasteiger partial charge in [0.25, 0.3) is 0 Å². The van der Waals surface area contributed by atoms with Gasteiger partial charge in [-0.05, 0) is 25.0 Å². The van der Waals surface area contributed by atoms with Crippen LogP contribution in [0.3, 0.4) is 0 Å². The first-order chi connectivity index (χ1) is 11.2. The minimum Gasteiger partial charge on any atom is -0.423 e. The fourth-order valence-corrected chi connectivity index (χ4v) is 2.32. The first-order valence-electron chi connectivity index (χ1n) is 8.10. The van der Waals surface area contributed by atoms with Crippen molar-refractivity contribution in [3.8, 4) is 5.75 Å².